The third-order valence-electron chi connectivity index (χ3n) is 2.40. The summed E-state index contributed by atoms with van der Waals surface area (Å²) in [5, 5.41) is 8.81. The summed E-state index contributed by atoms with van der Waals surface area (Å²) in [6.07, 6.45) is 0.577. The first-order valence-corrected chi connectivity index (χ1v) is 5.08. The summed E-state index contributed by atoms with van der Waals surface area (Å²) in [4.78, 5) is 23.6. The molecule has 0 radical (unpaired) electrons. The number of nitrogens with zero attached hydrogens (tertiary/aromatic N) is 1. The summed E-state index contributed by atoms with van der Waals surface area (Å²) >= 11 is 1.50. The lowest BCUT2D eigenvalue weighted by atomic mass is 10.3. The predicted molar refractivity (Wildman–Crippen MR) is 47.1 cm³/mol. The highest BCUT2D eigenvalue weighted by atomic mass is 32.2. The fourth-order valence-electron chi connectivity index (χ4n) is 1.74. The van der Waals surface area contributed by atoms with Crippen molar-refractivity contribution in [1.29, 1.82) is 0 Å². The monoisotopic (exact) mass is 202 g/mol. The summed E-state index contributed by atoms with van der Waals surface area (Å²) in [5.41, 5.74) is 5.53. The highest BCUT2D eigenvalue weighted by molar-refractivity contribution is 8.00. The van der Waals surface area contributed by atoms with Gasteiger partial charge in [0.2, 0.25) is 5.91 Å². The molecule has 2 rings (SSSR count). The molecule has 0 aliphatic carbocycles. The number of carboxylic acid groups (broad SMARTS) is 1. The zero-order valence-electron chi connectivity index (χ0n) is 6.84. The fraction of sp³-hybridized carbons (Fsp3) is 0.714. The number of nitrogens with two attached hydrogens (primary N) is 1. The molecular weight excluding hydrogens is 192 g/mol. The molecule has 2 saturated heterocycles. The van der Waals surface area contributed by atoms with E-state index in [0.717, 1.165) is 0 Å². The van der Waals surface area contributed by atoms with Crippen LogP contribution in [0.25, 0.3) is 0 Å². The van der Waals surface area contributed by atoms with Gasteiger partial charge in [0.15, 0.2) is 0 Å². The number of hydrogen-bond acceptors (Lipinski definition) is 4. The lowest BCUT2D eigenvalue weighted by molar-refractivity contribution is -0.147. The minimum Gasteiger partial charge on any atom is -0.480 e. The molecule has 5 nitrogen and oxygen atoms in total. The second kappa shape index (κ2) is 2.88. The first kappa shape index (κ1) is 8.83. The molecule has 0 saturated carbocycles. The molecule has 2 heterocycles. The summed E-state index contributed by atoms with van der Waals surface area (Å²) in [5.74, 6) is -0.668. The van der Waals surface area contributed by atoms with Crippen LogP contribution in [-0.4, -0.2) is 45.1 Å². The van der Waals surface area contributed by atoms with Crippen molar-refractivity contribution in [3.05, 3.63) is 0 Å². The highest BCUT2D eigenvalue weighted by Gasteiger charge is 2.48. The van der Waals surface area contributed by atoms with Crippen LogP contribution in [0.3, 0.4) is 0 Å². The van der Waals surface area contributed by atoms with E-state index in [-0.39, 0.29) is 11.3 Å². The molecule has 6 heteroatoms. The first-order valence-electron chi connectivity index (χ1n) is 4.03. The van der Waals surface area contributed by atoms with Crippen molar-refractivity contribution >= 4 is 23.6 Å². The molecule has 1 amide bonds. The van der Waals surface area contributed by atoms with Gasteiger partial charge in [0.1, 0.15) is 6.04 Å². The molecule has 0 aromatic heterocycles. The van der Waals surface area contributed by atoms with E-state index >= 15 is 0 Å². The van der Waals surface area contributed by atoms with E-state index in [1.54, 1.807) is 0 Å². The molecular formula is C7H10N2O3S. The third kappa shape index (κ3) is 1.21. The smallest absolute Gasteiger partial charge is 0.327 e. The van der Waals surface area contributed by atoms with Gasteiger partial charge in [0.25, 0.3) is 0 Å². The van der Waals surface area contributed by atoms with Crippen molar-refractivity contribution in [2.24, 2.45) is 5.73 Å². The van der Waals surface area contributed by atoms with Crippen molar-refractivity contribution < 1.29 is 14.7 Å². The van der Waals surface area contributed by atoms with E-state index in [1.165, 1.54) is 16.7 Å². The molecule has 0 bridgehead atoms. The van der Waals surface area contributed by atoms with E-state index in [4.69, 9.17) is 10.8 Å². The zero-order chi connectivity index (χ0) is 9.59. The Morgan fingerprint density at radius 1 is 1.69 bits per heavy atom. The first-order chi connectivity index (χ1) is 6.11. The van der Waals surface area contributed by atoms with E-state index in [0.29, 0.717) is 12.2 Å². The number of thioether (sulfide) groups is 1. The van der Waals surface area contributed by atoms with Crippen LogP contribution in [0.1, 0.15) is 6.42 Å². The summed E-state index contributed by atoms with van der Waals surface area (Å²) in [7, 11) is 0. The SMILES string of the molecule is N[C@@H]1C[C@@H]2SC[C@@H](C(=O)O)N2C1=O. The number of aliphatic carboxylic acids is 1. The minimum atomic E-state index is -0.933. The maximum atomic E-state index is 11.4. The fourth-order valence-corrected chi connectivity index (χ4v) is 3.20. The largest absolute Gasteiger partial charge is 0.480 e. The molecule has 3 N–H and O–H groups in total. The Kier molecular flexibility index (Phi) is 1.96. The number of hydrogen-bond donors (Lipinski definition) is 2. The molecule has 72 valence electrons. The van der Waals surface area contributed by atoms with Gasteiger partial charge in [0.05, 0.1) is 11.4 Å². The average molecular weight is 202 g/mol. The van der Waals surface area contributed by atoms with Crippen molar-refractivity contribution in [2.75, 3.05) is 5.75 Å². The molecule has 0 spiro atoms. The molecule has 2 aliphatic heterocycles. The molecule has 13 heavy (non-hydrogen) atoms. The third-order valence-corrected chi connectivity index (χ3v) is 3.72. The van der Waals surface area contributed by atoms with Crippen LogP contribution >= 0.6 is 11.8 Å². The average Bonchev–Trinajstić information content (AvgIpc) is 2.55. The van der Waals surface area contributed by atoms with E-state index in [2.05, 4.69) is 0 Å². The van der Waals surface area contributed by atoms with E-state index < -0.39 is 18.1 Å². The Hall–Kier alpha value is -0.750. The van der Waals surface area contributed by atoms with Gasteiger partial charge in [-0.2, -0.15) is 0 Å². The molecule has 0 unspecified atom stereocenters. The Balaban J connectivity index is 2.21. The van der Waals surface area contributed by atoms with Gasteiger partial charge < -0.3 is 15.7 Å². The second-order valence-electron chi connectivity index (χ2n) is 3.23. The van der Waals surface area contributed by atoms with Crippen LogP contribution in [0.2, 0.25) is 0 Å². The number of rotatable bonds is 1. The minimum absolute atomic E-state index is 0.0106. The van der Waals surface area contributed by atoms with Crippen molar-refractivity contribution in [3.63, 3.8) is 0 Å². The Morgan fingerprint density at radius 3 is 3.00 bits per heavy atom. The standard InChI is InChI=1S/C7H10N2O3S/c8-3-1-5-9(6(3)10)4(2-13-5)7(11)12/h3-5H,1-2,8H2,(H,11,12)/t3-,4+,5+/m1/s1. The van der Waals surface area contributed by atoms with Gasteiger partial charge in [-0.1, -0.05) is 0 Å². The van der Waals surface area contributed by atoms with E-state index in [9.17, 15) is 9.59 Å². The van der Waals surface area contributed by atoms with Crippen molar-refractivity contribution in [1.82, 2.24) is 4.90 Å². The van der Waals surface area contributed by atoms with E-state index in [1.807, 2.05) is 0 Å². The highest BCUT2D eigenvalue weighted by Crippen LogP contribution is 2.36. The topological polar surface area (TPSA) is 83.6 Å². The lowest BCUT2D eigenvalue weighted by Crippen LogP contribution is -2.44. The maximum absolute atomic E-state index is 11.4. The molecule has 0 aromatic carbocycles. The summed E-state index contributed by atoms with van der Waals surface area (Å²) in [6, 6.07) is -1.17. The number of carboxylic acids is 1. The van der Waals surface area contributed by atoms with Crippen LogP contribution in [0, 0.1) is 0 Å². The molecule has 2 aliphatic rings. The second-order valence-corrected chi connectivity index (χ2v) is 4.44. The van der Waals surface area contributed by atoms with Crippen LogP contribution in [0.15, 0.2) is 0 Å². The molecule has 2 fully saturated rings. The number of carbonyl (C=O) groups excluding carboxylic acids is 1. The lowest BCUT2D eigenvalue weighted by Gasteiger charge is -2.19. The van der Waals surface area contributed by atoms with Gasteiger partial charge in [-0.15, -0.1) is 11.8 Å². The van der Waals surface area contributed by atoms with Gasteiger partial charge in [-0.25, -0.2) is 4.79 Å². The number of fused-ring (bicyclic) bond motifs is 1. The Morgan fingerprint density at radius 2 is 2.38 bits per heavy atom. The van der Waals surface area contributed by atoms with Crippen molar-refractivity contribution in [2.45, 2.75) is 23.9 Å². The maximum Gasteiger partial charge on any atom is 0.327 e. The van der Waals surface area contributed by atoms with Crippen LogP contribution in [-0.2, 0) is 9.59 Å². The van der Waals surface area contributed by atoms with Crippen LogP contribution < -0.4 is 5.73 Å². The van der Waals surface area contributed by atoms with Crippen LogP contribution in [0.5, 0.6) is 0 Å². The Labute approximate surface area is 79.3 Å². The van der Waals surface area contributed by atoms with Gasteiger partial charge >= 0.3 is 5.97 Å². The zero-order valence-corrected chi connectivity index (χ0v) is 7.66. The number of amides is 1. The normalized spacial score (nSPS) is 38.1. The van der Waals surface area contributed by atoms with Gasteiger partial charge in [-0.3, -0.25) is 4.79 Å². The van der Waals surface area contributed by atoms with Gasteiger partial charge in [0, 0.05) is 12.2 Å². The van der Waals surface area contributed by atoms with Crippen LogP contribution in [0.4, 0.5) is 0 Å². The van der Waals surface area contributed by atoms with Gasteiger partial charge in [-0.05, 0) is 0 Å². The number of carbonyl (C=O) groups is 2. The van der Waals surface area contributed by atoms with Crippen molar-refractivity contribution in [3.8, 4) is 0 Å². The summed E-state index contributed by atoms with van der Waals surface area (Å²) < 4.78 is 0. The summed E-state index contributed by atoms with van der Waals surface area (Å²) in [6.45, 7) is 0. The predicted octanol–water partition coefficient (Wildman–Crippen LogP) is -0.928. The Bertz CT molecular complexity index is 270. The molecule has 0 aromatic rings. The molecule has 3 atom stereocenters. The quantitative estimate of drug-likeness (QED) is 0.574.